The number of aromatic nitrogens is 1. The SMILES string of the molecule is O=c1[nH]c2c(O)ccc(C(O)CNCCc3cccc(CNCCc4c(Cl)cccc4Cl)c3)c2s1. The number of H-pyrrole nitrogens is 1. The van der Waals surface area contributed by atoms with E-state index in [0.717, 1.165) is 42.8 Å². The Morgan fingerprint density at radius 3 is 2.46 bits per heavy atom. The van der Waals surface area contributed by atoms with Gasteiger partial charge in [0, 0.05) is 28.7 Å². The van der Waals surface area contributed by atoms with E-state index in [9.17, 15) is 15.0 Å². The number of benzene rings is 3. The van der Waals surface area contributed by atoms with Crippen LogP contribution in [0.3, 0.4) is 0 Å². The van der Waals surface area contributed by atoms with Crippen molar-refractivity contribution < 1.29 is 10.2 Å². The molecule has 0 aliphatic rings. The van der Waals surface area contributed by atoms with E-state index in [0.29, 0.717) is 38.9 Å². The highest BCUT2D eigenvalue weighted by molar-refractivity contribution is 7.16. The number of hydrogen-bond acceptors (Lipinski definition) is 6. The maximum absolute atomic E-state index is 11.7. The number of aromatic hydroxyl groups is 1. The average Bonchev–Trinajstić information content (AvgIpc) is 3.24. The van der Waals surface area contributed by atoms with E-state index in [4.69, 9.17) is 23.2 Å². The van der Waals surface area contributed by atoms with Gasteiger partial charge in [0.05, 0.1) is 10.8 Å². The molecule has 1 unspecified atom stereocenters. The second kappa shape index (κ2) is 12.0. The molecule has 3 aromatic carbocycles. The van der Waals surface area contributed by atoms with Crippen molar-refractivity contribution in [2.24, 2.45) is 0 Å². The lowest BCUT2D eigenvalue weighted by Crippen LogP contribution is -2.24. The van der Waals surface area contributed by atoms with Gasteiger partial charge in [-0.3, -0.25) is 4.79 Å². The topological polar surface area (TPSA) is 97.4 Å². The number of fused-ring (bicyclic) bond motifs is 1. The van der Waals surface area contributed by atoms with Crippen molar-refractivity contribution in [2.45, 2.75) is 25.5 Å². The number of aliphatic hydroxyl groups is 1. The molecule has 35 heavy (non-hydrogen) atoms. The lowest BCUT2D eigenvalue weighted by Gasteiger charge is -2.14. The van der Waals surface area contributed by atoms with Gasteiger partial charge in [0.1, 0.15) is 11.3 Å². The molecule has 0 radical (unpaired) electrons. The molecule has 4 aromatic rings. The highest BCUT2D eigenvalue weighted by atomic mass is 35.5. The predicted molar refractivity (Wildman–Crippen MR) is 144 cm³/mol. The van der Waals surface area contributed by atoms with Crippen molar-refractivity contribution in [3.63, 3.8) is 0 Å². The Balaban J connectivity index is 1.23. The van der Waals surface area contributed by atoms with Gasteiger partial charge in [-0.05, 0) is 60.8 Å². The summed E-state index contributed by atoms with van der Waals surface area (Å²) in [4.78, 5) is 14.0. The van der Waals surface area contributed by atoms with Crippen LogP contribution in [-0.4, -0.2) is 34.8 Å². The summed E-state index contributed by atoms with van der Waals surface area (Å²) >= 11 is 13.5. The maximum Gasteiger partial charge on any atom is 0.305 e. The highest BCUT2D eigenvalue weighted by Crippen LogP contribution is 2.31. The predicted octanol–water partition coefficient (Wildman–Crippen LogP) is 4.80. The van der Waals surface area contributed by atoms with E-state index < -0.39 is 6.10 Å². The van der Waals surface area contributed by atoms with Crippen molar-refractivity contribution in [3.05, 3.63) is 96.6 Å². The van der Waals surface area contributed by atoms with Crippen LogP contribution in [0.4, 0.5) is 0 Å². The van der Waals surface area contributed by atoms with Gasteiger partial charge in [-0.25, -0.2) is 0 Å². The molecule has 0 bridgehead atoms. The molecule has 1 heterocycles. The number of nitrogens with one attached hydrogen (secondary N) is 3. The van der Waals surface area contributed by atoms with Crippen molar-refractivity contribution in [2.75, 3.05) is 19.6 Å². The van der Waals surface area contributed by atoms with Crippen LogP contribution in [0.5, 0.6) is 5.75 Å². The summed E-state index contributed by atoms with van der Waals surface area (Å²) in [6.07, 6.45) is 0.794. The first-order chi connectivity index (χ1) is 16.9. The molecule has 1 atom stereocenters. The molecular formula is C26H27Cl2N3O3S. The molecule has 4 rings (SSSR count). The Morgan fingerprint density at radius 2 is 1.66 bits per heavy atom. The maximum atomic E-state index is 11.7. The van der Waals surface area contributed by atoms with E-state index in [1.807, 2.05) is 24.3 Å². The van der Waals surface area contributed by atoms with Gasteiger partial charge in [0.25, 0.3) is 0 Å². The summed E-state index contributed by atoms with van der Waals surface area (Å²) in [5, 5.41) is 28.6. The summed E-state index contributed by atoms with van der Waals surface area (Å²) < 4.78 is 0.585. The fourth-order valence-electron chi connectivity index (χ4n) is 4.00. The Labute approximate surface area is 217 Å². The number of phenolic OH excluding ortho intramolecular Hbond substituents is 1. The minimum atomic E-state index is -0.785. The first-order valence-corrected chi connectivity index (χ1v) is 12.9. The van der Waals surface area contributed by atoms with Crippen LogP contribution in [0, 0.1) is 0 Å². The molecule has 184 valence electrons. The highest BCUT2D eigenvalue weighted by Gasteiger charge is 2.16. The molecule has 1 aromatic heterocycles. The number of aliphatic hydroxyl groups excluding tert-OH is 1. The minimum absolute atomic E-state index is 0.00397. The zero-order valence-electron chi connectivity index (χ0n) is 19.0. The van der Waals surface area contributed by atoms with Crippen LogP contribution in [-0.2, 0) is 19.4 Å². The van der Waals surface area contributed by atoms with E-state index in [1.54, 1.807) is 6.07 Å². The van der Waals surface area contributed by atoms with E-state index in [-0.39, 0.29) is 10.6 Å². The van der Waals surface area contributed by atoms with Crippen molar-refractivity contribution >= 4 is 44.8 Å². The zero-order chi connectivity index (χ0) is 24.8. The average molecular weight is 532 g/mol. The van der Waals surface area contributed by atoms with Gasteiger partial charge >= 0.3 is 4.87 Å². The molecule has 0 fully saturated rings. The van der Waals surface area contributed by atoms with Crippen LogP contribution in [0.2, 0.25) is 10.0 Å². The van der Waals surface area contributed by atoms with Crippen LogP contribution < -0.4 is 15.5 Å². The normalized spacial score (nSPS) is 12.3. The number of phenols is 1. The van der Waals surface area contributed by atoms with E-state index >= 15 is 0 Å². The molecule has 0 saturated heterocycles. The van der Waals surface area contributed by atoms with Crippen molar-refractivity contribution in [3.8, 4) is 5.75 Å². The number of thiazole rings is 1. The summed E-state index contributed by atoms with van der Waals surface area (Å²) in [5.74, 6) is 0.00397. The first kappa shape index (κ1) is 25.7. The molecule has 0 aliphatic carbocycles. The third kappa shape index (κ3) is 6.64. The minimum Gasteiger partial charge on any atom is -0.506 e. The molecule has 5 N–H and O–H groups in total. The van der Waals surface area contributed by atoms with Crippen LogP contribution in [0.25, 0.3) is 10.2 Å². The van der Waals surface area contributed by atoms with Crippen molar-refractivity contribution in [1.82, 2.24) is 15.6 Å². The van der Waals surface area contributed by atoms with Gasteiger partial charge in [-0.1, -0.05) is 70.9 Å². The number of rotatable bonds is 11. The Kier molecular flexibility index (Phi) is 8.83. The number of hydrogen-bond donors (Lipinski definition) is 5. The Morgan fingerprint density at radius 1 is 0.943 bits per heavy atom. The Hall–Kier alpha value is -2.39. The monoisotopic (exact) mass is 531 g/mol. The summed E-state index contributed by atoms with van der Waals surface area (Å²) in [5.41, 5.74) is 4.36. The first-order valence-electron chi connectivity index (χ1n) is 11.4. The van der Waals surface area contributed by atoms with Crippen molar-refractivity contribution in [1.29, 1.82) is 0 Å². The van der Waals surface area contributed by atoms with Gasteiger partial charge in [0.2, 0.25) is 0 Å². The molecule has 6 nitrogen and oxygen atoms in total. The molecule has 9 heteroatoms. The van der Waals surface area contributed by atoms with Gasteiger partial charge in [-0.15, -0.1) is 0 Å². The molecule has 0 spiro atoms. The van der Waals surface area contributed by atoms with Gasteiger partial charge in [-0.2, -0.15) is 0 Å². The standard InChI is InChI=1S/C26H27Cl2N3O3S/c27-20-5-2-6-21(28)18(20)10-12-29-14-17-4-1-3-16(13-17)9-11-30-15-23(33)19-7-8-22(32)24-25(19)35-26(34)31-24/h1-8,13,23,29-30,32-33H,9-12,14-15H2,(H,31,34). The third-order valence-electron chi connectivity index (χ3n) is 5.81. The number of halogens is 2. The molecule has 0 aliphatic heterocycles. The second-order valence-electron chi connectivity index (χ2n) is 8.31. The fraction of sp³-hybridized carbons (Fsp3) is 0.269. The third-order valence-corrected chi connectivity index (χ3v) is 7.45. The largest absolute Gasteiger partial charge is 0.506 e. The van der Waals surface area contributed by atoms with Crippen LogP contribution in [0.15, 0.2) is 59.4 Å². The smallest absolute Gasteiger partial charge is 0.305 e. The van der Waals surface area contributed by atoms with Crippen LogP contribution in [0.1, 0.15) is 28.4 Å². The van der Waals surface area contributed by atoms with E-state index in [1.165, 1.54) is 17.2 Å². The fourth-order valence-corrected chi connectivity index (χ4v) is 5.50. The Bertz CT molecular complexity index is 1340. The van der Waals surface area contributed by atoms with E-state index in [2.05, 4.69) is 33.8 Å². The van der Waals surface area contributed by atoms with Crippen LogP contribution >= 0.6 is 34.5 Å². The number of aromatic amines is 1. The van der Waals surface area contributed by atoms with Gasteiger partial charge in [0.15, 0.2) is 0 Å². The lowest BCUT2D eigenvalue weighted by atomic mass is 10.1. The second-order valence-corrected chi connectivity index (χ2v) is 10.1. The molecular weight excluding hydrogens is 505 g/mol. The summed E-state index contributed by atoms with van der Waals surface area (Å²) in [6, 6.07) is 17.1. The quantitative estimate of drug-likeness (QED) is 0.179. The summed E-state index contributed by atoms with van der Waals surface area (Å²) in [6.45, 7) is 2.56. The van der Waals surface area contributed by atoms with Gasteiger partial charge < -0.3 is 25.8 Å². The molecule has 0 saturated carbocycles. The zero-order valence-corrected chi connectivity index (χ0v) is 21.3. The summed E-state index contributed by atoms with van der Waals surface area (Å²) in [7, 11) is 0. The molecule has 0 amide bonds. The lowest BCUT2D eigenvalue weighted by molar-refractivity contribution is 0.176.